The molecule has 0 spiro atoms. The first kappa shape index (κ1) is 28.4. The number of nitrogens with zero attached hydrogens (tertiary/aromatic N) is 4. The van der Waals surface area contributed by atoms with Gasteiger partial charge in [0.05, 0.1) is 17.7 Å². The Labute approximate surface area is 236 Å². The van der Waals surface area contributed by atoms with Crippen LogP contribution in [0.3, 0.4) is 0 Å². The largest absolute Gasteiger partial charge is 0.476 e. The highest BCUT2D eigenvalue weighted by Crippen LogP contribution is 2.35. The molecule has 1 aromatic carbocycles. The number of alkyl halides is 3. The van der Waals surface area contributed by atoms with Gasteiger partial charge in [0.15, 0.2) is 0 Å². The summed E-state index contributed by atoms with van der Waals surface area (Å²) >= 11 is 0. The highest BCUT2D eigenvalue weighted by molar-refractivity contribution is 5.96. The maximum Gasteiger partial charge on any atom is 0.416 e. The fraction of sp³-hybridized carbons (Fsp3) is 0.400. The van der Waals surface area contributed by atoms with Gasteiger partial charge in [-0.1, -0.05) is 6.07 Å². The summed E-state index contributed by atoms with van der Waals surface area (Å²) in [6, 6.07) is 11.5. The van der Waals surface area contributed by atoms with Gasteiger partial charge in [-0.25, -0.2) is 4.98 Å². The normalized spacial score (nSPS) is 20.0. The molecule has 0 bridgehead atoms. The van der Waals surface area contributed by atoms with E-state index in [9.17, 15) is 22.8 Å². The summed E-state index contributed by atoms with van der Waals surface area (Å²) < 4.78 is 51.7. The second-order valence-corrected chi connectivity index (χ2v) is 10.4. The summed E-state index contributed by atoms with van der Waals surface area (Å²) in [6.45, 7) is 3.00. The maximum absolute atomic E-state index is 14.2. The molecule has 1 unspecified atom stereocenters. The number of aryl methyl sites for hydroxylation is 1. The number of likely N-dealkylation sites (tertiary alicyclic amines) is 2. The van der Waals surface area contributed by atoms with Crippen molar-refractivity contribution in [1.82, 2.24) is 19.8 Å². The molecule has 0 saturated carbocycles. The van der Waals surface area contributed by atoms with Gasteiger partial charge in [0.25, 0.3) is 11.8 Å². The van der Waals surface area contributed by atoms with Crippen LogP contribution in [-0.2, 0) is 11.0 Å². The molecule has 0 N–H and O–H groups in total. The van der Waals surface area contributed by atoms with Gasteiger partial charge < -0.3 is 19.3 Å². The average molecular weight is 569 g/mol. The van der Waals surface area contributed by atoms with Crippen molar-refractivity contribution in [2.24, 2.45) is 0 Å². The number of carbonyl (C=O) groups excluding carboxylic acids is 2. The number of hydrogen-bond donors (Lipinski definition) is 0. The van der Waals surface area contributed by atoms with Crippen LogP contribution in [0.25, 0.3) is 0 Å². The van der Waals surface area contributed by atoms with Gasteiger partial charge in [-0.2, -0.15) is 13.2 Å². The first-order valence-electron chi connectivity index (χ1n) is 13.6. The monoisotopic (exact) mass is 568 g/mol. The zero-order valence-electron chi connectivity index (χ0n) is 22.6. The Balaban J connectivity index is 1.37. The quantitative estimate of drug-likeness (QED) is 0.420. The lowest BCUT2D eigenvalue weighted by Crippen LogP contribution is -2.63. The van der Waals surface area contributed by atoms with Crippen molar-refractivity contribution in [3.05, 3.63) is 83.8 Å². The zero-order valence-corrected chi connectivity index (χ0v) is 22.6. The minimum atomic E-state index is -4.50. The molecule has 5 rings (SSSR count). The summed E-state index contributed by atoms with van der Waals surface area (Å²) in [6.07, 6.45) is 2.10. The van der Waals surface area contributed by atoms with Crippen LogP contribution in [0.2, 0.25) is 0 Å². The topological polar surface area (TPSA) is 84.9 Å². The average Bonchev–Trinajstić information content (AvgIpc) is 2.97. The van der Waals surface area contributed by atoms with Crippen LogP contribution in [0, 0.1) is 6.92 Å². The van der Waals surface area contributed by atoms with E-state index in [0.717, 1.165) is 17.7 Å². The number of benzene rings is 1. The fourth-order valence-corrected chi connectivity index (χ4v) is 5.35. The molecule has 2 aliphatic heterocycles. The minimum Gasteiger partial charge on any atom is -0.476 e. The van der Waals surface area contributed by atoms with Crippen molar-refractivity contribution in [3.8, 4) is 11.6 Å². The molecule has 2 aliphatic rings. The summed E-state index contributed by atoms with van der Waals surface area (Å²) in [5.41, 5.74) is -1.09. The van der Waals surface area contributed by atoms with Gasteiger partial charge >= 0.3 is 6.18 Å². The third kappa shape index (κ3) is 6.44. The van der Waals surface area contributed by atoms with Crippen LogP contribution in [0.4, 0.5) is 13.2 Å². The summed E-state index contributed by atoms with van der Waals surface area (Å²) in [7, 11) is 0. The van der Waals surface area contributed by atoms with Crippen molar-refractivity contribution in [3.63, 3.8) is 0 Å². The molecule has 8 nitrogen and oxygen atoms in total. The minimum absolute atomic E-state index is 0.0373. The third-order valence-corrected chi connectivity index (χ3v) is 7.55. The maximum atomic E-state index is 14.2. The van der Waals surface area contributed by atoms with Crippen molar-refractivity contribution >= 4 is 11.8 Å². The smallest absolute Gasteiger partial charge is 0.416 e. The van der Waals surface area contributed by atoms with E-state index >= 15 is 0 Å². The number of hydrogen-bond acceptors (Lipinski definition) is 6. The Hall–Kier alpha value is -4.15. The number of rotatable bonds is 6. The van der Waals surface area contributed by atoms with Crippen LogP contribution >= 0.6 is 0 Å². The van der Waals surface area contributed by atoms with Crippen molar-refractivity contribution < 1.29 is 32.2 Å². The van der Waals surface area contributed by atoms with Gasteiger partial charge in [-0.05, 0) is 61.7 Å². The van der Waals surface area contributed by atoms with Crippen molar-refractivity contribution in [2.45, 2.75) is 50.5 Å². The Morgan fingerprint density at radius 3 is 2.39 bits per heavy atom. The summed E-state index contributed by atoms with van der Waals surface area (Å²) in [5.74, 6) is 0.0816. The van der Waals surface area contributed by atoms with E-state index in [-0.39, 0.29) is 30.2 Å². The Kier molecular flexibility index (Phi) is 8.14. The van der Waals surface area contributed by atoms with Gasteiger partial charge in [0.1, 0.15) is 11.9 Å². The summed E-state index contributed by atoms with van der Waals surface area (Å²) in [5, 5.41) is 0. The van der Waals surface area contributed by atoms with E-state index in [0.29, 0.717) is 56.8 Å². The highest BCUT2D eigenvalue weighted by atomic mass is 19.4. The van der Waals surface area contributed by atoms with Crippen molar-refractivity contribution in [1.29, 1.82) is 0 Å². The SMILES string of the molecule is Cc1ccncc1C(=O)N1CCCC(Oc2ccc(C(F)(F)F)cc2)(C(=O)N2CCC(Oc3ccccn3)CC2)C1. The predicted molar refractivity (Wildman–Crippen MR) is 143 cm³/mol. The molecule has 216 valence electrons. The number of amides is 2. The van der Waals surface area contributed by atoms with Gasteiger partial charge in [0, 0.05) is 57.1 Å². The number of halogens is 3. The van der Waals surface area contributed by atoms with E-state index in [1.165, 1.54) is 18.3 Å². The molecule has 0 aliphatic carbocycles. The zero-order chi connectivity index (χ0) is 29.0. The van der Waals surface area contributed by atoms with Crippen LogP contribution in [0.1, 0.15) is 47.2 Å². The molecular formula is C30H31F3N4O4. The number of aromatic nitrogens is 2. The molecule has 41 heavy (non-hydrogen) atoms. The predicted octanol–water partition coefficient (Wildman–Crippen LogP) is 4.93. The van der Waals surface area contributed by atoms with E-state index in [1.54, 1.807) is 40.4 Å². The number of piperidine rings is 2. The van der Waals surface area contributed by atoms with Gasteiger partial charge in [-0.3, -0.25) is 14.6 Å². The van der Waals surface area contributed by atoms with Crippen LogP contribution in [0.5, 0.6) is 11.6 Å². The number of ether oxygens (including phenoxy) is 2. The fourth-order valence-electron chi connectivity index (χ4n) is 5.35. The summed E-state index contributed by atoms with van der Waals surface area (Å²) in [4.78, 5) is 39.2. The first-order valence-corrected chi connectivity index (χ1v) is 13.6. The molecule has 1 atom stereocenters. The number of carbonyl (C=O) groups is 2. The van der Waals surface area contributed by atoms with E-state index < -0.39 is 17.3 Å². The molecule has 2 fully saturated rings. The Morgan fingerprint density at radius 2 is 1.73 bits per heavy atom. The molecule has 0 radical (unpaired) electrons. The van der Waals surface area contributed by atoms with E-state index in [2.05, 4.69) is 9.97 Å². The van der Waals surface area contributed by atoms with Crippen molar-refractivity contribution in [2.75, 3.05) is 26.2 Å². The lowest BCUT2D eigenvalue weighted by atomic mass is 9.89. The van der Waals surface area contributed by atoms with Gasteiger partial charge in [-0.15, -0.1) is 0 Å². The lowest BCUT2D eigenvalue weighted by Gasteiger charge is -2.45. The number of pyridine rings is 2. The first-order chi connectivity index (χ1) is 19.6. The molecular weight excluding hydrogens is 537 g/mol. The second-order valence-electron chi connectivity index (χ2n) is 10.4. The van der Waals surface area contributed by atoms with E-state index in [4.69, 9.17) is 9.47 Å². The van der Waals surface area contributed by atoms with E-state index in [1.807, 2.05) is 13.0 Å². The highest BCUT2D eigenvalue weighted by Gasteiger charge is 2.49. The molecule has 2 saturated heterocycles. The Bertz CT molecular complexity index is 1360. The van der Waals surface area contributed by atoms with Crippen LogP contribution in [-0.4, -0.2) is 69.5 Å². The van der Waals surface area contributed by atoms with Crippen LogP contribution < -0.4 is 9.47 Å². The Morgan fingerprint density at radius 1 is 0.976 bits per heavy atom. The second kappa shape index (κ2) is 11.8. The molecule has 2 aromatic heterocycles. The standard InChI is InChI=1S/C30H31F3N4O4/c1-21-10-15-34-19-25(21)27(38)37-16-4-13-29(20-37,41-24-8-6-22(7-9-24)30(31,32)33)28(39)36-17-11-23(12-18-36)40-26-5-2-3-14-35-26/h2-3,5-10,14-15,19,23H,4,11-13,16-18,20H2,1H3. The van der Waals surface area contributed by atoms with Gasteiger partial charge in [0.2, 0.25) is 11.5 Å². The molecule has 2 amide bonds. The molecule has 4 heterocycles. The third-order valence-electron chi connectivity index (χ3n) is 7.55. The molecule has 11 heteroatoms. The van der Waals surface area contributed by atoms with Crippen LogP contribution in [0.15, 0.2) is 67.1 Å². The molecule has 3 aromatic rings. The lowest BCUT2D eigenvalue weighted by molar-refractivity contribution is -0.154.